The highest BCUT2D eigenvalue weighted by Crippen LogP contribution is 2.35. The predicted molar refractivity (Wildman–Crippen MR) is 233 cm³/mol. The molecule has 0 saturated carbocycles. The number of hydrogen-bond acceptors (Lipinski definition) is 10. The van der Waals surface area contributed by atoms with Crippen molar-refractivity contribution in [3.05, 3.63) is 128 Å². The number of aryl methyl sites for hydroxylation is 3. The molecule has 0 unspecified atom stereocenters. The molecular formula is C43H38F10N6O4S4. The maximum absolute atomic E-state index is 14.1. The molecule has 8 rings (SSSR count). The lowest BCUT2D eigenvalue weighted by Gasteiger charge is -2.33. The fourth-order valence-electron chi connectivity index (χ4n) is 7.54. The fraction of sp³-hybridized carbons (Fsp3) is 0.302. The monoisotopic (exact) mass is 1020 g/mol. The van der Waals surface area contributed by atoms with Gasteiger partial charge in [0.25, 0.3) is 0 Å². The van der Waals surface area contributed by atoms with Crippen LogP contribution in [0.5, 0.6) is 0 Å². The fourth-order valence-corrected chi connectivity index (χ4v) is 12.4. The molecule has 358 valence electrons. The molecular weight excluding hydrogens is 983 g/mol. The number of aromatic nitrogens is 2. The first-order valence-electron chi connectivity index (χ1n) is 20.3. The quantitative estimate of drug-likeness (QED) is 0.0760. The third-order valence-electron chi connectivity index (χ3n) is 11.1. The summed E-state index contributed by atoms with van der Waals surface area (Å²) in [4.78, 5) is 9.20. The van der Waals surface area contributed by atoms with Crippen molar-refractivity contribution in [1.82, 2.24) is 18.6 Å². The Balaban J connectivity index is 0.000000199. The maximum atomic E-state index is 14.1. The number of piperazine rings is 2. The van der Waals surface area contributed by atoms with Gasteiger partial charge in [0, 0.05) is 74.2 Å². The van der Waals surface area contributed by atoms with E-state index in [1.807, 2.05) is 76.9 Å². The lowest BCUT2D eigenvalue weighted by molar-refractivity contribution is 0.344. The Kier molecular flexibility index (Phi) is 14.7. The number of anilines is 2. The van der Waals surface area contributed by atoms with E-state index in [0.29, 0.717) is 18.9 Å². The zero-order valence-corrected chi connectivity index (χ0v) is 38.8. The lowest BCUT2D eigenvalue weighted by atomic mass is 10.0. The van der Waals surface area contributed by atoms with Crippen LogP contribution in [0.4, 0.5) is 54.2 Å². The third kappa shape index (κ3) is 9.64. The normalized spacial score (nSPS) is 15.2. The topological polar surface area (TPSA) is 107 Å². The minimum Gasteiger partial charge on any atom is -0.345 e. The van der Waals surface area contributed by atoms with Crippen LogP contribution in [0.1, 0.15) is 30.0 Å². The number of rotatable bonds is 10. The molecule has 0 spiro atoms. The first kappa shape index (κ1) is 49.8. The Morgan fingerprint density at radius 1 is 0.507 bits per heavy atom. The van der Waals surface area contributed by atoms with E-state index in [4.69, 9.17) is 0 Å². The van der Waals surface area contributed by atoms with Gasteiger partial charge in [0.05, 0.1) is 11.4 Å². The SMILES string of the molecule is CCCc1ccc(-c2csc(N3CCN(S(=O)(=O)c4c(F)c(F)c(F)c(F)c4F)CC3)n2)cc1.Cc1cccc(C)c1-c1csc(N2CCN(S(=O)(=O)c3c(F)c(F)c(F)c(F)c3F)CC2)n1. The van der Waals surface area contributed by atoms with Gasteiger partial charge in [-0.05, 0) is 37.0 Å². The number of sulfonamides is 2. The van der Waals surface area contributed by atoms with E-state index in [2.05, 4.69) is 16.9 Å². The summed E-state index contributed by atoms with van der Waals surface area (Å²) >= 11 is 2.74. The van der Waals surface area contributed by atoms with Crippen molar-refractivity contribution in [1.29, 1.82) is 0 Å². The van der Waals surface area contributed by atoms with E-state index in [0.717, 1.165) is 46.5 Å². The van der Waals surface area contributed by atoms with E-state index in [1.54, 1.807) is 0 Å². The molecule has 10 nitrogen and oxygen atoms in total. The zero-order chi connectivity index (χ0) is 48.7. The van der Waals surface area contributed by atoms with Crippen LogP contribution in [0.2, 0.25) is 0 Å². The Morgan fingerprint density at radius 2 is 0.866 bits per heavy atom. The molecule has 24 heteroatoms. The number of halogens is 10. The standard InChI is InChI=1S/C22H20F5N3O2S2.C21H18F5N3O2S2/c1-2-3-13-4-6-14(7-5-13)15-12-33-22(28-15)29-8-10-30(11-9-29)34(31,32)21-19(26)17(24)16(23)18(25)20(21)27;1-11-4-3-5-12(2)14(11)13-10-32-21(27-13)28-6-8-29(9-7-28)33(30,31)20-18(25)16(23)15(22)17(24)19(20)26/h4-7,12H,2-3,8-11H2,1H3;3-5,10H,6-9H2,1-2H3. The van der Waals surface area contributed by atoms with Gasteiger partial charge in [-0.1, -0.05) is 55.8 Å². The molecule has 0 aliphatic carbocycles. The Bertz CT molecular complexity index is 2970. The second-order valence-electron chi connectivity index (χ2n) is 15.3. The molecule has 4 aromatic carbocycles. The Labute approximate surface area is 386 Å². The third-order valence-corrected chi connectivity index (χ3v) is 16.7. The van der Waals surface area contributed by atoms with Gasteiger partial charge in [-0.25, -0.2) is 70.7 Å². The second-order valence-corrected chi connectivity index (χ2v) is 20.7. The van der Waals surface area contributed by atoms with Crippen LogP contribution in [-0.4, -0.2) is 87.8 Å². The van der Waals surface area contributed by atoms with Crippen molar-refractivity contribution in [2.75, 3.05) is 62.2 Å². The van der Waals surface area contributed by atoms with Gasteiger partial charge in [-0.2, -0.15) is 8.61 Å². The average Bonchev–Trinajstić information content (AvgIpc) is 4.01. The Morgan fingerprint density at radius 3 is 1.25 bits per heavy atom. The summed E-state index contributed by atoms with van der Waals surface area (Å²) in [5, 5.41) is 5.05. The molecule has 2 aliphatic heterocycles. The molecule has 0 radical (unpaired) electrons. The zero-order valence-electron chi connectivity index (χ0n) is 35.5. The van der Waals surface area contributed by atoms with Crippen molar-refractivity contribution in [2.45, 2.75) is 43.4 Å². The molecule has 4 heterocycles. The highest BCUT2D eigenvalue weighted by atomic mass is 32.2. The molecule has 0 N–H and O–H groups in total. The number of nitrogens with zero attached hydrogens (tertiary/aromatic N) is 6. The molecule has 2 saturated heterocycles. The van der Waals surface area contributed by atoms with Gasteiger partial charge in [0.2, 0.25) is 31.7 Å². The van der Waals surface area contributed by atoms with Gasteiger partial charge in [0.15, 0.2) is 66.6 Å². The summed E-state index contributed by atoms with van der Waals surface area (Å²) in [5.41, 5.74) is 6.84. The van der Waals surface area contributed by atoms with Gasteiger partial charge in [-0.15, -0.1) is 22.7 Å². The smallest absolute Gasteiger partial charge is 0.249 e. The average molecular weight is 1020 g/mol. The van der Waals surface area contributed by atoms with E-state index >= 15 is 0 Å². The van der Waals surface area contributed by atoms with E-state index in [9.17, 15) is 60.7 Å². The van der Waals surface area contributed by atoms with Crippen LogP contribution in [0, 0.1) is 72.0 Å². The minimum absolute atomic E-state index is 0.133. The summed E-state index contributed by atoms with van der Waals surface area (Å²) in [6.07, 6.45) is 2.03. The van der Waals surface area contributed by atoms with Crippen LogP contribution in [-0.2, 0) is 26.5 Å². The first-order valence-corrected chi connectivity index (χ1v) is 24.9. The molecule has 2 aromatic heterocycles. The summed E-state index contributed by atoms with van der Waals surface area (Å²) in [5.74, 6) is -23.5. The summed E-state index contributed by atoms with van der Waals surface area (Å²) < 4.78 is 189. The molecule has 67 heavy (non-hydrogen) atoms. The van der Waals surface area contributed by atoms with Crippen LogP contribution >= 0.6 is 22.7 Å². The first-order chi connectivity index (χ1) is 31.7. The van der Waals surface area contributed by atoms with E-state index in [1.165, 1.54) is 28.2 Å². The minimum atomic E-state index is -4.95. The summed E-state index contributed by atoms with van der Waals surface area (Å²) in [6.45, 7) is 5.77. The number of benzene rings is 4. The van der Waals surface area contributed by atoms with Crippen molar-refractivity contribution >= 4 is 53.0 Å². The van der Waals surface area contributed by atoms with Gasteiger partial charge in [-0.3, -0.25) is 0 Å². The predicted octanol–water partition coefficient (Wildman–Crippen LogP) is 9.60. The highest BCUT2D eigenvalue weighted by molar-refractivity contribution is 7.89. The van der Waals surface area contributed by atoms with Gasteiger partial charge < -0.3 is 9.80 Å². The van der Waals surface area contributed by atoms with Crippen LogP contribution in [0.15, 0.2) is 63.0 Å². The molecule has 6 aromatic rings. The summed E-state index contributed by atoms with van der Waals surface area (Å²) in [7, 11) is -9.89. The van der Waals surface area contributed by atoms with Crippen molar-refractivity contribution < 1.29 is 60.7 Å². The van der Waals surface area contributed by atoms with Gasteiger partial charge in [0.1, 0.15) is 0 Å². The molecule has 2 aliphatic rings. The van der Waals surface area contributed by atoms with E-state index in [-0.39, 0.29) is 52.4 Å². The number of hydrogen-bond donors (Lipinski definition) is 0. The maximum Gasteiger partial charge on any atom is 0.249 e. The molecule has 0 amide bonds. The van der Waals surface area contributed by atoms with Crippen molar-refractivity contribution in [3.63, 3.8) is 0 Å². The molecule has 0 atom stereocenters. The van der Waals surface area contributed by atoms with Gasteiger partial charge >= 0.3 is 0 Å². The second kappa shape index (κ2) is 19.8. The van der Waals surface area contributed by atoms with Crippen LogP contribution < -0.4 is 9.80 Å². The van der Waals surface area contributed by atoms with Crippen molar-refractivity contribution in [2.24, 2.45) is 0 Å². The largest absolute Gasteiger partial charge is 0.345 e. The molecule has 2 fully saturated rings. The highest BCUT2D eigenvalue weighted by Gasteiger charge is 2.40. The number of thiazole rings is 2. The Hall–Kier alpha value is -5.14. The van der Waals surface area contributed by atoms with Crippen molar-refractivity contribution in [3.8, 4) is 22.5 Å². The molecule has 0 bridgehead atoms. The summed E-state index contributed by atoms with van der Waals surface area (Å²) in [6, 6.07) is 14.0. The lowest BCUT2D eigenvalue weighted by Crippen LogP contribution is -2.49. The van der Waals surface area contributed by atoms with Crippen LogP contribution in [0.25, 0.3) is 22.5 Å². The van der Waals surface area contributed by atoms with E-state index < -0.39 is 88.0 Å². The van der Waals surface area contributed by atoms with Crippen LogP contribution in [0.3, 0.4) is 0 Å².